The van der Waals surface area contributed by atoms with E-state index < -0.39 is 50.4 Å². The second-order valence-corrected chi connectivity index (χ2v) is 9.02. The van der Waals surface area contributed by atoms with Gasteiger partial charge in [0.2, 0.25) is 0 Å². The Morgan fingerprint density at radius 2 is 1.05 bits per heavy atom. The smallest absolute Gasteiger partial charge is 0.418 e. The minimum absolute atomic E-state index is 0.0171. The Morgan fingerprint density at radius 3 is 1.29 bits per heavy atom. The average Bonchev–Trinajstić information content (AvgIpc) is 2.77. The molecular formula is C25H24Cl2F6N2O3. The van der Waals surface area contributed by atoms with Crippen LogP contribution in [0, 0.1) is 0 Å². The standard InChI is InChI=1S/C25H24Cl2F6N2O3/c1-34(2)22-16(37-5)11-13(18(20(22)26)24(28,29)30)7-9-15(36)10-8-14-12-17(38-6)23(35(3)4)21(27)19(14)25(31,32)33/h7-12H,1-6H3/b9-7+,10-8+. The van der Waals surface area contributed by atoms with Gasteiger partial charge in [-0.05, 0) is 35.4 Å². The lowest BCUT2D eigenvalue weighted by molar-refractivity contribution is -0.138. The Kier molecular flexibility index (Phi) is 9.66. The number of methoxy groups -OCH3 is 2. The molecule has 0 radical (unpaired) electrons. The number of hydrogen-bond donors (Lipinski definition) is 0. The third kappa shape index (κ3) is 6.68. The maximum atomic E-state index is 13.8. The average molecular weight is 585 g/mol. The molecular weight excluding hydrogens is 561 g/mol. The van der Waals surface area contributed by atoms with Crippen molar-refractivity contribution in [3.8, 4) is 11.5 Å². The minimum Gasteiger partial charge on any atom is -0.495 e. The summed E-state index contributed by atoms with van der Waals surface area (Å²) in [5, 5.41) is -1.27. The van der Waals surface area contributed by atoms with Gasteiger partial charge in [-0.2, -0.15) is 26.3 Å². The number of hydrogen-bond acceptors (Lipinski definition) is 5. The maximum Gasteiger partial charge on any atom is 0.418 e. The largest absolute Gasteiger partial charge is 0.495 e. The van der Waals surface area contributed by atoms with E-state index in [9.17, 15) is 31.1 Å². The lowest BCUT2D eigenvalue weighted by atomic mass is 10.0. The van der Waals surface area contributed by atoms with Gasteiger partial charge in [0.25, 0.3) is 0 Å². The summed E-state index contributed by atoms with van der Waals surface area (Å²) in [6, 6.07) is 2.12. The van der Waals surface area contributed by atoms with E-state index >= 15 is 0 Å². The van der Waals surface area contributed by atoms with Crippen LogP contribution in [-0.2, 0) is 17.1 Å². The number of carbonyl (C=O) groups is 1. The maximum absolute atomic E-state index is 13.8. The Morgan fingerprint density at radius 1 is 0.737 bits per heavy atom. The molecule has 0 spiro atoms. The SMILES string of the molecule is COc1cc(/C=C/C(=O)/C=C/c2cc(OC)c(N(C)C)c(Cl)c2C(F)(F)F)c(C(F)(F)F)c(Cl)c1N(C)C. The molecule has 2 aromatic carbocycles. The molecule has 0 aliphatic rings. The van der Waals surface area contributed by atoms with Crippen molar-refractivity contribution < 1.29 is 40.6 Å². The predicted octanol–water partition coefficient (Wildman–Crippen LogP) is 7.48. The van der Waals surface area contributed by atoms with Crippen LogP contribution in [0.5, 0.6) is 11.5 Å². The molecule has 0 heterocycles. The first kappa shape index (κ1) is 31.2. The number of halogens is 8. The van der Waals surface area contributed by atoms with Crippen LogP contribution in [-0.4, -0.2) is 48.2 Å². The highest BCUT2D eigenvalue weighted by molar-refractivity contribution is 6.35. The van der Waals surface area contributed by atoms with E-state index in [-0.39, 0.29) is 22.9 Å². The van der Waals surface area contributed by atoms with Gasteiger partial charge in [0.15, 0.2) is 5.78 Å². The first-order valence-corrected chi connectivity index (χ1v) is 11.4. The topological polar surface area (TPSA) is 42.0 Å². The second-order valence-electron chi connectivity index (χ2n) is 8.26. The van der Waals surface area contributed by atoms with Gasteiger partial charge < -0.3 is 19.3 Å². The lowest BCUT2D eigenvalue weighted by Crippen LogP contribution is -2.16. The second kappa shape index (κ2) is 11.8. The third-order valence-electron chi connectivity index (χ3n) is 5.23. The summed E-state index contributed by atoms with van der Waals surface area (Å²) in [5.74, 6) is -0.855. The highest BCUT2D eigenvalue weighted by atomic mass is 35.5. The first-order chi connectivity index (χ1) is 17.4. The zero-order valence-corrected chi connectivity index (χ0v) is 22.6. The molecule has 38 heavy (non-hydrogen) atoms. The molecule has 13 heteroatoms. The van der Waals surface area contributed by atoms with E-state index in [2.05, 4.69) is 0 Å². The molecule has 2 rings (SSSR count). The van der Waals surface area contributed by atoms with Crippen LogP contribution in [0.15, 0.2) is 24.3 Å². The van der Waals surface area contributed by atoms with Gasteiger partial charge in [0.05, 0.1) is 46.8 Å². The number of ether oxygens (including phenoxy) is 2. The highest BCUT2D eigenvalue weighted by Crippen LogP contribution is 2.48. The molecule has 0 aliphatic carbocycles. The summed E-state index contributed by atoms with van der Waals surface area (Å²) < 4.78 is 93.3. The quantitative estimate of drug-likeness (QED) is 0.238. The molecule has 5 nitrogen and oxygen atoms in total. The van der Waals surface area contributed by atoms with Crippen LogP contribution in [0.25, 0.3) is 12.2 Å². The van der Waals surface area contributed by atoms with Gasteiger partial charge in [-0.1, -0.05) is 35.4 Å². The van der Waals surface area contributed by atoms with Crippen LogP contribution in [0.4, 0.5) is 37.7 Å². The Bertz CT molecular complexity index is 1170. The van der Waals surface area contributed by atoms with E-state index in [1.54, 1.807) is 0 Å². The molecule has 0 saturated heterocycles. The van der Waals surface area contributed by atoms with Crippen LogP contribution in [0.3, 0.4) is 0 Å². The number of carbonyl (C=O) groups excluding carboxylic acids is 1. The van der Waals surface area contributed by atoms with Crippen molar-refractivity contribution in [2.24, 2.45) is 0 Å². The lowest BCUT2D eigenvalue weighted by Gasteiger charge is -2.23. The van der Waals surface area contributed by atoms with Gasteiger partial charge in [0, 0.05) is 28.2 Å². The summed E-state index contributed by atoms with van der Waals surface area (Å²) >= 11 is 12.1. The Labute approximate surface area is 225 Å². The van der Waals surface area contributed by atoms with E-state index in [0.717, 1.165) is 36.4 Å². The summed E-state index contributed by atoms with van der Waals surface area (Å²) in [4.78, 5) is 15.1. The molecule has 0 fully saturated rings. The number of anilines is 2. The van der Waals surface area contributed by atoms with Crippen LogP contribution >= 0.6 is 23.2 Å². The molecule has 0 amide bonds. The highest BCUT2D eigenvalue weighted by Gasteiger charge is 2.39. The number of ketones is 1. The molecule has 0 bridgehead atoms. The zero-order chi connectivity index (χ0) is 29.2. The van der Waals surface area contributed by atoms with Crippen molar-refractivity contribution in [2.45, 2.75) is 12.4 Å². The number of nitrogens with zero attached hydrogens (tertiary/aromatic N) is 2. The molecule has 0 aromatic heterocycles. The van der Waals surface area contributed by atoms with Crippen molar-refractivity contribution in [2.75, 3.05) is 52.2 Å². The van der Waals surface area contributed by atoms with Crippen molar-refractivity contribution in [1.82, 2.24) is 0 Å². The van der Waals surface area contributed by atoms with Crippen molar-refractivity contribution in [3.05, 3.63) is 56.6 Å². The van der Waals surface area contributed by atoms with Crippen molar-refractivity contribution >= 4 is 52.5 Å². The van der Waals surface area contributed by atoms with Crippen LogP contribution < -0.4 is 19.3 Å². The number of allylic oxidation sites excluding steroid dienone is 2. The van der Waals surface area contributed by atoms with Gasteiger partial charge in [-0.25, -0.2) is 0 Å². The van der Waals surface area contributed by atoms with Crippen molar-refractivity contribution in [1.29, 1.82) is 0 Å². The molecule has 0 aliphatic heterocycles. The van der Waals surface area contributed by atoms with Crippen LogP contribution in [0.1, 0.15) is 22.3 Å². The van der Waals surface area contributed by atoms with Gasteiger partial charge in [-0.3, -0.25) is 4.79 Å². The summed E-state index contributed by atoms with van der Waals surface area (Å²) in [7, 11) is 8.41. The molecule has 0 atom stereocenters. The number of rotatable bonds is 8. The van der Waals surface area contributed by atoms with E-state index in [1.807, 2.05) is 0 Å². The number of alkyl halides is 6. The summed E-state index contributed by atoms with van der Waals surface area (Å²) in [6.45, 7) is 0. The van der Waals surface area contributed by atoms with Crippen LogP contribution in [0.2, 0.25) is 10.0 Å². The Balaban J connectivity index is 2.59. The molecule has 0 N–H and O–H groups in total. The predicted molar refractivity (Wildman–Crippen MR) is 138 cm³/mol. The van der Waals surface area contributed by atoms with Crippen molar-refractivity contribution in [3.63, 3.8) is 0 Å². The zero-order valence-electron chi connectivity index (χ0n) is 21.1. The normalized spacial score (nSPS) is 12.4. The van der Waals surface area contributed by atoms with E-state index in [0.29, 0.717) is 0 Å². The molecule has 0 unspecified atom stereocenters. The minimum atomic E-state index is -4.88. The fourth-order valence-corrected chi connectivity index (χ4v) is 4.61. The summed E-state index contributed by atoms with van der Waals surface area (Å²) in [6.07, 6.45) is -6.50. The fraction of sp³-hybridized carbons (Fsp3) is 0.320. The monoisotopic (exact) mass is 584 g/mol. The third-order valence-corrected chi connectivity index (χ3v) is 5.96. The molecule has 2 aromatic rings. The van der Waals surface area contributed by atoms with E-state index in [4.69, 9.17) is 32.7 Å². The Hall–Kier alpha value is -3.05. The number of benzene rings is 2. The van der Waals surface area contributed by atoms with E-state index in [1.165, 1.54) is 52.2 Å². The summed E-state index contributed by atoms with van der Waals surface area (Å²) in [5.41, 5.74) is -3.38. The molecule has 0 saturated carbocycles. The first-order valence-electron chi connectivity index (χ1n) is 10.7. The fourth-order valence-electron chi connectivity index (χ4n) is 3.65. The van der Waals surface area contributed by atoms with Gasteiger partial charge >= 0.3 is 12.4 Å². The van der Waals surface area contributed by atoms with Gasteiger partial charge in [-0.15, -0.1) is 0 Å². The molecule has 208 valence electrons. The van der Waals surface area contributed by atoms with Gasteiger partial charge in [0.1, 0.15) is 11.5 Å².